The summed E-state index contributed by atoms with van der Waals surface area (Å²) in [5, 5.41) is 22.9. The molecule has 4 heterocycles. The second-order valence-corrected chi connectivity index (χ2v) is 9.49. The number of rotatable bonds is 8. The van der Waals surface area contributed by atoms with E-state index in [0.29, 0.717) is 42.3 Å². The van der Waals surface area contributed by atoms with Crippen molar-refractivity contribution in [2.75, 3.05) is 44.3 Å². The first-order valence-corrected chi connectivity index (χ1v) is 12.7. The Balaban J connectivity index is 0.000000663. The number of carbonyl (C=O) groups excluding carboxylic acids is 2. The Kier molecular flexibility index (Phi) is 10.4. The van der Waals surface area contributed by atoms with Gasteiger partial charge in [-0.05, 0) is 30.5 Å². The van der Waals surface area contributed by atoms with Gasteiger partial charge >= 0.3 is 6.18 Å². The van der Waals surface area contributed by atoms with Gasteiger partial charge in [-0.1, -0.05) is 13.8 Å². The minimum atomic E-state index is -4.64. The van der Waals surface area contributed by atoms with Crippen molar-refractivity contribution < 1.29 is 32.6 Å². The third-order valence-corrected chi connectivity index (χ3v) is 6.15. The number of piperazine rings is 1. The van der Waals surface area contributed by atoms with Gasteiger partial charge in [-0.25, -0.2) is 9.50 Å². The van der Waals surface area contributed by atoms with Crippen molar-refractivity contribution in [1.29, 1.82) is 5.26 Å². The zero-order valence-electron chi connectivity index (χ0n) is 22.3. The number of aromatic nitrogens is 3. The van der Waals surface area contributed by atoms with E-state index in [1.165, 1.54) is 6.20 Å². The third kappa shape index (κ3) is 8.16. The Morgan fingerprint density at radius 3 is 2.48 bits per heavy atom. The summed E-state index contributed by atoms with van der Waals surface area (Å²) in [6.07, 6.45) is 0.838. The van der Waals surface area contributed by atoms with E-state index >= 15 is 0 Å². The molecule has 0 unspecified atom stereocenters. The number of anilines is 1. The van der Waals surface area contributed by atoms with Crippen LogP contribution in [0.2, 0.25) is 0 Å². The molecule has 3 aromatic rings. The molecule has 0 aromatic carbocycles. The van der Waals surface area contributed by atoms with Crippen LogP contribution in [0.3, 0.4) is 0 Å². The molecule has 0 bridgehead atoms. The van der Waals surface area contributed by atoms with E-state index in [2.05, 4.69) is 34.9 Å². The number of aliphatic hydroxyl groups is 1. The lowest BCUT2D eigenvalue weighted by molar-refractivity contribution is -0.156. The van der Waals surface area contributed by atoms with E-state index in [-0.39, 0.29) is 19.1 Å². The van der Waals surface area contributed by atoms with Gasteiger partial charge in [0.1, 0.15) is 24.2 Å². The van der Waals surface area contributed by atoms with Crippen LogP contribution in [0, 0.1) is 17.2 Å². The number of alkyl halides is 3. The van der Waals surface area contributed by atoms with Crippen LogP contribution in [0.4, 0.5) is 19.0 Å². The van der Waals surface area contributed by atoms with Gasteiger partial charge in [0.05, 0.1) is 30.1 Å². The number of nitrogens with zero attached hydrogens (tertiary/aromatic N) is 6. The summed E-state index contributed by atoms with van der Waals surface area (Å²) in [4.78, 5) is 29.9. The highest BCUT2D eigenvalue weighted by molar-refractivity contribution is 5.85. The molecule has 10 nitrogen and oxygen atoms in total. The van der Waals surface area contributed by atoms with E-state index in [9.17, 15) is 23.2 Å². The fourth-order valence-electron chi connectivity index (χ4n) is 4.13. The van der Waals surface area contributed by atoms with Crippen LogP contribution in [0.25, 0.3) is 16.6 Å². The molecule has 1 aliphatic heterocycles. The van der Waals surface area contributed by atoms with Crippen LogP contribution in [-0.2, 0) is 9.59 Å². The lowest BCUT2D eigenvalue weighted by Crippen LogP contribution is -2.49. The van der Waals surface area contributed by atoms with Crippen molar-refractivity contribution in [3.8, 4) is 22.9 Å². The van der Waals surface area contributed by atoms with Gasteiger partial charge in [0.2, 0.25) is 12.2 Å². The second-order valence-electron chi connectivity index (χ2n) is 9.49. The maximum Gasteiger partial charge on any atom is 0.446 e. The standard InChI is InChI=1S/C25H30N6O3.C2HF3O/c1-18(2)3-6-24(33)30-9-7-29(8-10-30)23-5-4-19(15-27-23)22-13-21(34-12-11-32)17-31-25(22)20(14-26)16-28-31;3-2(4,5)1-6/h4-5,13,15-18,32H,3,6-12H2,1-2H3;1H. The van der Waals surface area contributed by atoms with Crippen LogP contribution in [-0.4, -0.2) is 82.4 Å². The summed E-state index contributed by atoms with van der Waals surface area (Å²) < 4.78 is 38.5. The van der Waals surface area contributed by atoms with Gasteiger partial charge in [-0.3, -0.25) is 9.59 Å². The highest BCUT2D eigenvalue weighted by Gasteiger charge is 2.25. The number of nitriles is 1. The smallest absolute Gasteiger partial charge is 0.446 e. The zero-order valence-corrected chi connectivity index (χ0v) is 22.3. The van der Waals surface area contributed by atoms with Crippen molar-refractivity contribution >= 4 is 23.5 Å². The summed E-state index contributed by atoms with van der Waals surface area (Å²) >= 11 is 0. The minimum Gasteiger partial charge on any atom is -0.490 e. The van der Waals surface area contributed by atoms with E-state index < -0.39 is 12.5 Å². The number of amides is 1. The summed E-state index contributed by atoms with van der Waals surface area (Å²) in [6, 6.07) is 7.97. The zero-order chi connectivity index (χ0) is 29.3. The van der Waals surface area contributed by atoms with E-state index in [0.717, 1.165) is 36.5 Å². The average Bonchev–Trinajstić information content (AvgIpc) is 3.37. The Labute approximate surface area is 229 Å². The summed E-state index contributed by atoms with van der Waals surface area (Å²) in [5.74, 6) is 2.17. The SMILES string of the molecule is CC(C)CCC(=O)N1CCN(c2ccc(-c3cc(OCCO)cn4ncc(C#N)c34)cn2)CC1.O=CC(F)(F)F. The van der Waals surface area contributed by atoms with E-state index in [4.69, 9.17) is 14.6 Å². The monoisotopic (exact) mass is 560 g/mol. The molecule has 13 heteroatoms. The number of aliphatic hydroxyl groups excluding tert-OH is 1. The van der Waals surface area contributed by atoms with E-state index in [1.807, 2.05) is 23.1 Å². The molecular formula is C27H31F3N6O4. The Morgan fingerprint density at radius 1 is 1.23 bits per heavy atom. The predicted octanol–water partition coefficient (Wildman–Crippen LogP) is 3.47. The predicted molar refractivity (Wildman–Crippen MR) is 141 cm³/mol. The normalized spacial score (nSPS) is 13.6. The molecule has 0 radical (unpaired) electrons. The Hall–Kier alpha value is -4.18. The van der Waals surface area contributed by atoms with Crippen molar-refractivity contribution in [2.45, 2.75) is 32.9 Å². The molecule has 1 aliphatic rings. The van der Waals surface area contributed by atoms with Crippen LogP contribution in [0.15, 0.2) is 36.8 Å². The van der Waals surface area contributed by atoms with Crippen molar-refractivity contribution in [1.82, 2.24) is 19.5 Å². The fraction of sp³-hybridized carbons (Fsp3) is 0.444. The largest absolute Gasteiger partial charge is 0.490 e. The maximum atomic E-state index is 12.4. The van der Waals surface area contributed by atoms with Crippen molar-refractivity contribution in [3.63, 3.8) is 0 Å². The number of hydrogen-bond donors (Lipinski definition) is 1. The Bertz CT molecular complexity index is 1330. The van der Waals surface area contributed by atoms with Crippen molar-refractivity contribution in [2.24, 2.45) is 5.92 Å². The topological polar surface area (TPSA) is 124 Å². The van der Waals surface area contributed by atoms with E-state index in [1.54, 1.807) is 16.9 Å². The fourth-order valence-corrected chi connectivity index (χ4v) is 4.13. The molecule has 1 saturated heterocycles. The molecule has 0 saturated carbocycles. The highest BCUT2D eigenvalue weighted by Crippen LogP contribution is 2.31. The van der Waals surface area contributed by atoms with Crippen molar-refractivity contribution in [3.05, 3.63) is 42.4 Å². The molecule has 0 atom stereocenters. The number of pyridine rings is 2. The number of aldehydes is 1. The first-order valence-electron chi connectivity index (χ1n) is 12.7. The Morgan fingerprint density at radius 2 is 1.93 bits per heavy atom. The van der Waals surface area contributed by atoms with Gasteiger partial charge in [0.25, 0.3) is 0 Å². The van der Waals surface area contributed by atoms with Gasteiger partial charge in [0, 0.05) is 49.9 Å². The molecule has 0 spiro atoms. The average molecular weight is 561 g/mol. The number of halogens is 3. The van der Waals surface area contributed by atoms with Crippen LogP contribution in [0.1, 0.15) is 32.3 Å². The van der Waals surface area contributed by atoms with Crippen LogP contribution >= 0.6 is 0 Å². The molecule has 1 amide bonds. The number of carbonyl (C=O) groups is 2. The first-order chi connectivity index (χ1) is 19.1. The molecule has 1 N–H and O–H groups in total. The van der Waals surface area contributed by atoms with Crippen LogP contribution < -0.4 is 9.64 Å². The molecule has 4 rings (SSSR count). The first kappa shape index (κ1) is 30.4. The van der Waals surface area contributed by atoms with Gasteiger partial charge in [-0.2, -0.15) is 23.5 Å². The highest BCUT2D eigenvalue weighted by atomic mass is 19.4. The molecule has 40 heavy (non-hydrogen) atoms. The number of ether oxygens (including phenoxy) is 1. The van der Waals surface area contributed by atoms with Crippen LogP contribution in [0.5, 0.6) is 5.75 Å². The number of hydrogen-bond acceptors (Lipinski definition) is 8. The summed E-state index contributed by atoms with van der Waals surface area (Å²) in [6.45, 7) is 7.24. The quantitative estimate of drug-likeness (QED) is 0.416. The van der Waals surface area contributed by atoms with Gasteiger partial charge in [-0.15, -0.1) is 0 Å². The number of fused-ring (bicyclic) bond motifs is 1. The lowest BCUT2D eigenvalue weighted by atomic mass is 10.1. The minimum absolute atomic E-state index is 0.0945. The molecule has 1 fully saturated rings. The van der Waals surface area contributed by atoms with Gasteiger partial charge < -0.3 is 19.6 Å². The summed E-state index contributed by atoms with van der Waals surface area (Å²) in [5.41, 5.74) is 2.76. The molecular weight excluding hydrogens is 529 g/mol. The third-order valence-electron chi connectivity index (χ3n) is 6.15. The lowest BCUT2D eigenvalue weighted by Gasteiger charge is -2.35. The second kappa shape index (κ2) is 13.7. The molecule has 0 aliphatic carbocycles. The molecule has 214 valence electrons. The summed E-state index contributed by atoms with van der Waals surface area (Å²) in [7, 11) is 0. The maximum absolute atomic E-state index is 12.4. The van der Waals surface area contributed by atoms with Gasteiger partial charge in [0.15, 0.2) is 0 Å². The molecule has 3 aromatic heterocycles.